The Morgan fingerprint density at radius 2 is 2.27 bits per heavy atom. The molecule has 1 unspecified atom stereocenters. The number of aromatic nitrogens is 1. The van der Waals surface area contributed by atoms with E-state index in [2.05, 4.69) is 31.5 Å². The Morgan fingerprint density at radius 1 is 1.41 bits per heavy atom. The van der Waals surface area contributed by atoms with Crippen molar-refractivity contribution in [3.63, 3.8) is 0 Å². The molecule has 6 heteroatoms. The minimum Gasteiger partial charge on any atom is -0.352 e. The van der Waals surface area contributed by atoms with Gasteiger partial charge in [0.25, 0.3) is 5.91 Å². The molecule has 0 aliphatic carbocycles. The molecule has 0 saturated carbocycles. The van der Waals surface area contributed by atoms with Crippen LogP contribution >= 0.6 is 15.9 Å². The van der Waals surface area contributed by atoms with Gasteiger partial charge in [-0.3, -0.25) is 9.59 Å². The smallest absolute Gasteiger partial charge is 0.252 e. The van der Waals surface area contributed by atoms with Crippen molar-refractivity contribution in [2.75, 3.05) is 19.6 Å². The largest absolute Gasteiger partial charge is 0.352 e. The van der Waals surface area contributed by atoms with Gasteiger partial charge in [0.05, 0.1) is 11.1 Å². The first-order valence-corrected chi connectivity index (χ1v) is 8.25. The van der Waals surface area contributed by atoms with E-state index < -0.39 is 0 Å². The molecule has 1 fully saturated rings. The van der Waals surface area contributed by atoms with Gasteiger partial charge in [-0.15, -0.1) is 0 Å². The molecule has 0 bridgehead atoms. The van der Waals surface area contributed by atoms with Crippen molar-refractivity contribution in [3.05, 3.63) is 44.7 Å². The second kappa shape index (κ2) is 6.62. The minimum atomic E-state index is -0.274. The van der Waals surface area contributed by atoms with Crippen molar-refractivity contribution in [3.8, 4) is 0 Å². The van der Waals surface area contributed by atoms with E-state index in [4.69, 9.17) is 0 Å². The fraction of sp³-hybridized carbons (Fsp3) is 0.375. The standard InChI is InChI=1S/C16H18BrN3O2/c17-13-3-1-2-11-12(8-14(21)20-15(11)13)16(22)19-7-5-10-4-6-18-9-10/h1-3,8,10,18H,4-7,9H2,(H,19,22)(H,20,21). The van der Waals surface area contributed by atoms with E-state index in [0.717, 1.165) is 35.8 Å². The third-order valence-electron chi connectivity index (χ3n) is 4.07. The van der Waals surface area contributed by atoms with Crippen LogP contribution < -0.4 is 16.2 Å². The van der Waals surface area contributed by atoms with Gasteiger partial charge >= 0.3 is 0 Å². The summed E-state index contributed by atoms with van der Waals surface area (Å²) in [7, 11) is 0. The van der Waals surface area contributed by atoms with Crippen LogP contribution in [0.5, 0.6) is 0 Å². The quantitative estimate of drug-likeness (QED) is 0.777. The number of benzene rings is 1. The molecular formula is C16H18BrN3O2. The third-order valence-corrected chi connectivity index (χ3v) is 4.73. The predicted octanol–water partition coefficient (Wildman–Crippen LogP) is 2.02. The number of aromatic amines is 1. The van der Waals surface area contributed by atoms with E-state index in [1.54, 1.807) is 0 Å². The zero-order chi connectivity index (χ0) is 15.5. The van der Waals surface area contributed by atoms with E-state index in [1.165, 1.54) is 6.07 Å². The molecule has 0 spiro atoms. The highest BCUT2D eigenvalue weighted by molar-refractivity contribution is 9.10. The lowest BCUT2D eigenvalue weighted by Gasteiger charge is -2.11. The normalized spacial score (nSPS) is 17.8. The number of nitrogens with one attached hydrogen (secondary N) is 3. The molecule has 116 valence electrons. The lowest BCUT2D eigenvalue weighted by Crippen LogP contribution is -2.27. The molecule has 2 aromatic rings. The zero-order valence-corrected chi connectivity index (χ0v) is 13.7. The maximum Gasteiger partial charge on any atom is 0.252 e. The number of rotatable bonds is 4. The van der Waals surface area contributed by atoms with Crippen molar-refractivity contribution in [1.82, 2.24) is 15.6 Å². The molecule has 1 aliphatic rings. The van der Waals surface area contributed by atoms with Gasteiger partial charge in [0.15, 0.2) is 0 Å². The first kappa shape index (κ1) is 15.2. The van der Waals surface area contributed by atoms with Crippen molar-refractivity contribution in [2.24, 2.45) is 5.92 Å². The van der Waals surface area contributed by atoms with Gasteiger partial charge in [0.2, 0.25) is 5.56 Å². The highest BCUT2D eigenvalue weighted by Crippen LogP contribution is 2.23. The Bertz CT molecular complexity index is 751. The van der Waals surface area contributed by atoms with Crippen LogP contribution in [0, 0.1) is 5.92 Å². The lowest BCUT2D eigenvalue weighted by molar-refractivity contribution is 0.0953. The van der Waals surface area contributed by atoms with E-state index in [9.17, 15) is 9.59 Å². The van der Waals surface area contributed by atoms with Gasteiger partial charge in [-0.05, 0) is 53.8 Å². The molecule has 1 aromatic carbocycles. The number of carbonyl (C=O) groups is 1. The SMILES string of the molecule is O=C(NCCC1CCNC1)c1cc(=O)[nH]c2c(Br)cccc12. The Kier molecular flexibility index (Phi) is 4.59. The average molecular weight is 364 g/mol. The van der Waals surface area contributed by atoms with Crippen LogP contribution in [-0.2, 0) is 0 Å². The molecule has 22 heavy (non-hydrogen) atoms. The van der Waals surface area contributed by atoms with Gasteiger partial charge in [-0.25, -0.2) is 0 Å². The molecule has 0 radical (unpaired) electrons. The van der Waals surface area contributed by atoms with Crippen molar-refractivity contribution in [2.45, 2.75) is 12.8 Å². The van der Waals surface area contributed by atoms with Crippen molar-refractivity contribution < 1.29 is 4.79 Å². The molecular weight excluding hydrogens is 346 g/mol. The predicted molar refractivity (Wildman–Crippen MR) is 90.2 cm³/mol. The number of hydrogen-bond donors (Lipinski definition) is 3. The average Bonchev–Trinajstić information content (AvgIpc) is 3.01. The highest BCUT2D eigenvalue weighted by atomic mass is 79.9. The topological polar surface area (TPSA) is 74.0 Å². The van der Waals surface area contributed by atoms with Gasteiger partial charge in [0, 0.05) is 22.5 Å². The molecule has 1 amide bonds. The van der Waals surface area contributed by atoms with Crippen molar-refractivity contribution in [1.29, 1.82) is 0 Å². The first-order valence-electron chi connectivity index (χ1n) is 7.45. The maximum atomic E-state index is 12.4. The summed E-state index contributed by atoms with van der Waals surface area (Å²) < 4.78 is 0.772. The number of H-pyrrole nitrogens is 1. The van der Waals surface area contributed by atoms with Gasteiger partial charge in [-0.1, -0.05) is 12.1 Å². The van der Waals surface area contributed by atoms with Gasteiger partial charge in [0.1, 0.15) is 0 Å². The lowest BCUT2D eigenvalue weighted by atomic mass is 10.0. The molecule has 3 N–H and O–H groups in total. The summed E-state index contributed by atoms with van der Waals surface area (Å²) >= 11 is 3.40. The number of amides is 1. The molecule has 1 atom stereocenters. The second-order valence-corrected chi connectivity index (χ2v) is 6.47. The molecule has 5 nitrogen and oxygen atoms in total. The fourth-order valence-corrected chi connectivity index (χ4v) is 3.34. The fourth-order valence-electron chi connectivity index (χ4n) is 2.88. The Hall–Kier alpha value is -1.66. The third kappa shape index (κ3) is 3.23. The molecule has 3 rings (SSSR count). The summed E-state index contributed by atoms with van der Waals surface area (Å²) in [6, 6.07) is 6.89. The summed E-state index contributed by atoms with van der Waals surface area (Å²) in [6.07, 6.45) is 2.13. The summed E-state index contributed by atoms with van der Waals surface area (Å²) in [5, 5.41) is 6.99. The molecule has 1 aliphatic heterocycles. The Balaban J connectivity index is 1.78. The summed E-state index contributed by atoms with van der Waals surface area (Å²) in [4.78, 5) is 26.9. The number of carbonyl (C=O) groups excluding carboxylic acids is 1. The second-order valence-electron chi connectivity index (χ2n) is 5.61. The molecule has 1 aromatic heterocycles. The summed E-state index contributed by atoms with van der Waals surface area (Å²) in [5.74, 6) is 0.436. The molecule has 2 heterocycles. The monoisotopic (exact) mass is 363 g/mol. The first-order chi connectivity index (χ1) is 10.6. The van der Waals surface area contributed by atoms with Crippen molar-refractivity contribution >= 4 is 32.7 Å². The highest BCUT2D eigenvalue weighted by Gasteiger charge is 2.16. The van der Waals surface area contributed by atoms with Crippen LogP contribution in [0.25, 0.3) is 10.9 Å². The zero-order valence-electron chi connectivity index (χ0n) is 12.1. The van der Waals surface area contributed by atoms with Gasteiger partial charge in [-0.2, -0.15) is 0 Å². The summed E-state index contributed by atoms with van der Waals surface area (Å²) in [5.41, 5.74) is 0.800. The number of fused-ring (bicyclic) bond motifs is 1. The van der Waals surface area contributed by atoms with Crippen LogP contribution in [0.1, 0.15) is 23.2 Å². The van der Waals surface area contributed by atoms with Crippen LogP contribution in [0.15, 0.2) is 33.5 Å². The van der Waals surface area contributed by atoms with E-state index in [-0.39, 0.29) is 11.5 Å². The van der Waals surface area contributed by atoms with E-state index in [1.807, 2.05) is 18.2 Å². The van der Waals surface area contributed by atoms with Crippen LogP contribution in [-0.4, -0.2) is 30.5 Å². The van der Waals surface area contributed by atoms with Crippen LogP contribution in [0.2, 0.25) is 0 Å². The van der Waals surface area contributed by atoms with E-state index >= 15 is 0 Å². The Labute approximate surface area is 136 Å². The van der Waals surface area contributed by atoms with Crippen LogP contribution in [0.4, 0.5) is 0 Å². The van der Waals surface area contributed by atoms with E-state index in [0.29, 0.717) is 23.5 Å². The number of hydrogen-bond acceptors (Lipinski definition) is 3. The number of pyridine rings is 1. The number of para-hydroxylation sites is 1. The van der Waals surface area contributed by atoms with Crippen LogP contribution in [0.3, 0.4) is 0 Å². The minimum absolute atomic E-state index is 0.194. The summed E-state index contributed by atoms with van der Waals surface area (Å²) in [6.45, 7) is 2.72. The van der Waals surface area contributed by atoms with Gasteiger partial charge < -0.3 is 15.6 Å². The molecule has 1 saturated heterocycles. The number of halogens is 1. The Morgan fingerprint density at radius 3 is 3.05 bits per heavy atom. The maximum absolute atomic E-state index is 12.4.